The lowest BCUT2D eigenvalue weighted by atomic mass is 10.1. The van der Waals surface area contributed by atoms with Crippen LogP contribution < -0.4 is 16.6 Å². The first-order chi connectivity index (χ1) is 12.5. The highest BCUT2D eigenvalue weighted by molar-refractivity contribution is 5.94. The van der Waals surface area contributed by atoms with Gasteiger partial charge in [-0.2, -0.15) is 0 Å². The Hall–Kier alpha value is -3.41. The molecule has 0 spiro atoms. The molecule has 2 amide bonds. The van der Waals surface area contributed by atoms with Crippen LogP contribution >= 0.6 is 0 Å². The Balaban J connectivity index is 1.74. The van der Waals surface area contributed by atoms with Crippen molar-refractivity contribution in [1.82, 2.24) is 4.57 Å². The summed E-state index contributed by atoms with van der Waals surface area (Å²) in [6, 6.07) is 15.8. The lowest BCUT2D eigenvalue weighted by Crippen LogP contribution is -2.25. The van der Waals surface area contributed by atoms with Crippen LogP contribution in [0.1, 0.15) is 22.3 Å². The quantitative estimate of drug-likeness (QED) is 0.741. The molecule has 3 aromatic rings. The van der Waals surface area contributed by atoms with Gasteiger partial charge in [-0.25, -0.2) is 0 Å². The summed E-state index contributed by atoms with van der Waals surface area (Å²) in [6.07, 6.45) is 0.158. The van der Waals surface area contributed by atoms with Crippen LogP contribution in [0.2, 0.25) is 0 Å². The number of para-hydroxylation sites is 1. The maximum absolute atomic E-state index is 12.4. The van der Waals surface area contributed by atoms with Crippen LogP contribution in [0.4, 0.5) is 5.69 Å². The normalized spacial score (nSPS) is 10.7. The van der Waals surface area contributed by atoms with Crippen LogP contribution in [0.3, 0.4) is 0 Å². The smallest absolute Gasteiger partial charge is 0.253 e. The molecule has 1 aromatic heterocycles. The number of anilines is 1. The van der Waals surface area contributed by atoms with E-state index in [9.17, 15) is 14.4 Å². The van der Waals surface area contributed by atoms with Gasteiger partial charge in [0.25, 0.3) is 5.56 Å². The highest BCUT2D eigenvalue weighted by Crippen LogP contribution is 2.14. The lowest BCUT2D eigenvalue weighted by Gasteiger charge is -2.12. The van der Waals surface area contributed by atoms with Gasteiger partial charge in [-0.1, -0.05) is 18.2 Å². The molecule has 1 heterocycles. The van der Waals surface area contributed by atoms with Crippen LogP contribution in [0.5, 0.6) is 0 Å². The molecule has 0 saturated carbocycles. The maximum atomic E-state index is 12.4. The minimum absolute atomic E-state index is 0.0951. The molecule has 132 valence electrons. The lowest BCUT2D eigenvalue weighted by molar-refractivity contribution is -0.116. The van der Waals surface area contributed by atoms with E-state index < -0.39 is 5.91 Å². The number of pyridine rings is 1. The molecule has 6 heteroatoms. The number of nitrogens with one attached hydrogen (secondary N) is 1. The van der Waals surface area contributed by atoms with E-state index in [1.54, 1.807) is 35.8 Å². The van der Waals surface area contributed by atoms with Crippen LogP contribution in [0.25, 0.3) is 10.9 Å². The minimum Gasteiger partial charge on any atom is -0.366 e. The number of aryl methyl sites for hydroxylation is 2. The first-order valence-electron chi connectivity index (χ1n) is 8.24. The summed E-state index contributed by atoms with van der Waals surface area (Å²) in [4.78, 5) is 35.7. The number of primary amides is 1. The summed E-state index contributed by atoms with van der Waals surface area (Å²) >= 11 is 0. The maximum Gasteiger partial charge on any atom is 0.253 e. The summed E-state index contributed by atoms with van der Waals surface area (Å²) in [5, 5.41) is 3.72. The van der Waals surface area contributed by atoms with Gasteiger partial charge in [-0.05, 0) is 48.7 Å². The first kappa shape index (κ1) is 17.4. The Labute approximate surface area is 150 Å². The second-order valence-electron chi connectivity index (χ2n) is 6.08. The van der Waals surface area contributed by atoms with Gasteiger partial charge in [0, 0.05) is 29.8 Å². The van der Waals surface area contributed by atoms with E-state index in [1.807, 2.05) is 30.3 Å². The fourth-order valence-electron chi connectivity index (χ4n) is 2.85. The van der Waals surface area contributed by atoms with Crippen molar-refractivity contribution in [3.8, 4) is 0 Å². The number of carbonyl (C=O) groups is 2. The van der Waals surface area contributed by atoms with E-state index in [4.69, 9.17) is 5.73 Å². The molecular weight excluding hydrogens is 330 g/mol. The number of carbonyl (C=O) groups excluding carboxylic acids is 2. The third kappa shape index (κ3) is 3.64. The Morgan fingerprint density at radius 3 is 2.46 bits per heavy atom. The van der Waals surface area contributed by atoms with Gasteiger partial charge in [0.1, 0.15) is 0 Å². The van der Waals surface area contributed by atoms with Gasteiger partial charge in [0.15, 0.2) is 0 Å². The van der Waals surface area contributed by atoms with Crippen LogP contribution in [-0.4, -0.2) is 16.4 Å². The zero-order chi connectivity index (χ0) is 18.7. The predicted molar refractivity (Wildman–Crippen MR) is 101 cm³/mol. The molecule has 0 aliphatic heterocycles. The van der Waals surface area contributed by atoms with Crippen molar-refractivity contribution in [2.75, 3.05) is 5.32 Å². The van der Waals surface area contributed by atoms with E-state index in [0.29, 0.717) is 16.8 Å². The van der Waals surface area contributed by atoms with Crippen molar-refractivity contribution in [2.45, 2.75) is 19.9 Å². The van der Waals surface area contributed by atoms with Crippen LogP contribution in [0.15, 0.2) is 59.4 Å². The van der Waals surface area contributed by atoms with E-state index >= 15 is 0 Å². The van der Waals surface area contributed by atoms with Crippen LogP contribution in [-0.2, 0) is 11.3 Å². The highest BCUT2D eigenvalue weighted by atomic mass is 16.2. The number of amides is 2. The summed E-state index contributed by atoms with van der Waals surface area (Å²) in [7, 11) is 0. The number of nitrogens with zero attached hydrogens (tertiary/aromatic N) is 1. The van der Waals surface area contributed by atoms with E-state index in [-0.39, 0.29) is 24.4 Å². The molecule has 0 radical (unpaired) electrons. The topological polar surface area (TPSA) is 94.2 Å². The highest BCUT2D eigenvalue weighted by Gasteiger charge is 2.09. The van der Waals surface area contributed by atoms with Crippen molar-refractivity contribution < 1.29 is 9.59 Å². The Morgan fingerprint density at radius 1 is 1.08 bits per heavy atom. The van der Waals surface area contributed by atoms with Crippen molar-refractivity contribution in [3.63, 3.8) is 0 Å². The predicted octanol–water partition coefficient (Wildman–Crippen LogP) is 2.44. The average molecular weight is 349 g/mol. The third-order valence-electron chi connectivity index (χ3n) is 4.20. The number of aromatic nitrogens is 1. The molecule has 26 heavy (non-hydrogen) atoms. The van der Waals surface area contributed by atoms with Gasteiger partial charge >= 0.3 is 0 Å². The number of rotatable bonds is 5. The number of fused-ring (bicyclic) bond motifs is 1. The molecule has 0 atom stereocenters. The van der Waals surface area contributed by atoms with Crippen molar-refractivity contribution in [1.29, 1.82) is 0 Å². The Morgan fingerprint density at radius 2 is 1.77 bits per heavy atom. The van der Waals surface area contributed by atoms with Gasteiger partial charge < -0.3 is 15.6 Å². The Bertz CT molecular complexity index is 1040. The van der Waals surface area contributed by atoms with Gasteiger partial charge in [-0.3, -0.25) is 14.4 Å². The molecule has 0 fully saturated rings. The molecule has 0 bridgehead atoms. The number of hydrogen-bond acceptors (Lipinski definition) is 3. The summed E-state index contributed by atoms with van der Waals surface area (Å²) in [6.45, 7) is 2.05. The standard InChI is InChI=1S/C20H19N3O3/c1-13-12-15-4-2-3-5-17(15)23(20(13)26)11-10-18(24)22-16-8-6-14(7-9-16)19(21)25/h2-9,12H,10-11H2,1H3,(H2,21,25)(H,22,24). The minimum atomic E-state index is -0.520. The van der Waals surface area contributed by atoms with E-state index in [0.717, 1.165) is 10.9 Å². The second-order valence-corrected chi connectivity index (χ2v) is 6.08. The molecular formula is C20H19N3O3. The van der Waals surface area contributed by atoms with E-state index in [2.05, 4.69) is 5.32 Å². The van der Waals surface area contributed by atoms with E-state index in [1.165, 1.54) is 0 Å². The fourth-order valence-corrected chi connectivity index (χ4v) is 2.85. The van der Waals surface area contributed by atoms with Crippen molar-refractivity contribution in [3.05, 3.63) is 76.1 Å². The summed E-state index contributed by atoms with van der Waals surface area (Å²) in [5.74, 6) is -0.733. The molecule has 6 nitrogen and oxygen atoms in total. The monoisotopic (exact) mass is 349 g/mol. The summed E-state index contributed by atoms with van der Waals surface area (Å²) < 4.78 is 1.63. The largest absolute Gasteiger partial charge is 0.366 e. The number of benzene rings is 2. The fraction of sp³-hybridized carbons (Fsp3) is 0.150. The molecule has 0 unspecified atom stereocenters. The molecule has 0 aliphatic rings. The molecule has 2 aromatic carbocycles. The van der Waals surface area contributed by atoms with Gasteiger partial charge in [0.05, 0.1) is 5.52 Å². The zero-order valence-corrected chi connectivity index (χ0v) is 14.4. The van der Waals surface area contributed by atoms with Crippen LogP contribution in [0, 0.1) is 6.92 Å². The van der Waals surface area contributed by atoms with Crippen molar-refractivity contribution >= 4 is 28.4 Å². The second kappa shape index (κ2) is 7.23. The molecule has 3 N–H and O–H groups in total. The molecule has 0 saturated heterocycles. The zero-order valence-electron chi connectivity index (χ0n) is 14.4. The first-order valence-corrected chi connectivity index (χ1v) is 8.24. The average Bonchev–Trinajstić information content (AvgIpc) is 2.62. The molecule has 0 aliphatic carbocycles. The SMILES string of the molecule is Cc1cc2ccccc2n(CCC(=O)Nc2ccc(C(N)=O)cc2)c1=O. The molecule has 3 rings (SSSR count). The number of nitrogens with two attached hydrogens (primary N) is 1. The number of hydrogen-bond donors (Lipinski definition) is 2. The van der Waals surface area contributed by atoms with Gasteiger partial charge in [0.2, 0.25) is 11.8 Å². The summed E-state index contributed by atoms with van der Waals surface area (Å²) in [5.41, 5.74) is 7.49. The van der Waals surface area contributed by atoms with Gasteiger partial charge in [-0.15, -0.1) is 0 Å². The van der Waals surface area contributed by atoms with Crippen molar-refractivity contribution in [2.24, 2.45) is 5.73 Å². The Kier molecular flexibility index (Phi) is 4.84. The third-order valence-corrected chi connectivity index (χ3v) is 4.20.